The van der Waals surface area contributed by atoms with E-state index in [1.165, 1.54) is 18.2 Å². The minimum Gasteiger partial charge on any atom is -0.351 e. The highest BCUT2D eigenvalue weighted by Gasteiger charge is 2.08. The summed E-state index contributed by atoms with van der Waals surface area (Å²) in [7, 11) is 0. The molecule has 0 bridgehead atoms. The van der Waals surface area contributed by atoms with Gasteiger partial charge in [-0.25, -0.2) is 4.39 Å². The van der Waals surface area contributed by atoms with E-state index in [4.69, 9.17) is 6.42 Å². The fourth-order valence-electron chi connectivity index (χ4n) is 1.23. The fraction of sp³-hybridized carbons (Fsp3) is 0.250. The Labute approximate surface area is 88.5 Å². The van der Waals surface area contributed by atoms with Crippen molar-refractivity contribution in [3.05, 3.63) is 35.1 Å². The van der Waals surface area contributed by atoms with Crippen molar-refractivity contribution in [2.45, 2.75) is 13.3 Å². The Morgan fingerprint density at radius 1 is 1.60 bits per heavy atom. The van der Waals surface area contributed by atoms with Crippen molar-refractivity contribution >= 4 is 5.91 Å². The van der Waals surface area contributed by atoms with Crippen LogP contribution in [-0.4, -0.2) is 12.5 Å². The lowest BCUT2D eigenvalue weighted by Crippen LogP contribution is -2.24. The molecule has 1 amide bonds. The maximum Gasteiger partial charge on any atom is 0.251 e. The van der Waals surface area contributed by atoms with Gasteiger partial charge in [0.15, 0.2) is 0 Å². The molecular formula is C12H12FNO. The van der Waals surface area contributed by atoms with Gasteiger partial charge in [-0.3, -0.25) is 4.79 Å². The highest BCUT2D eigenvalue weighted by atomic mass is 19.1. The summed E-state index contributed by atoms with van der Waals surface area (Å²) in [5.74, 6) is 1.86. The number of hydrogen-bond acceptors (Lipinski definition) is 1. The molecule has 0 aliphatic rings. The van der Waals surface area contributed by atoms with Crippen LogP contribution in [0.1, 0.15) is 22.3 Å². The zero-order chi connectivity index (χ0) is 11.3. The lowest BCUT2D eigenvalue weighted by atomic mass is 10.1. The number of carbonyl (C=O) groups is 1. The molecule has 3 heteroatoms. The summed E-state index contributed by atoms with van der Waals surface area (Å²) in [6.07, 6.45) is 5.54. The average Bonchev–Trinajstić information content (AvgIpc) is 2.17. The summed E-state index contributed by atoms with van der Waals surface area (Å²) in [5, 5.41) is 2.66. The second kappa shape index (κ2) is 5.16. The van der Waals surface area contributed by atoms with Crippen molar-refractivity contribution in [2.75, 3.05) is 6.54 Å². The molecule has 1 aromatic carbocycles. The van der Waals surface area contributed by atoms with Gasteiger partial charge in [-0.05, 0) is 30.7 Å². The molecule has 78 valence electrons. The van der Waals surface area contributed by atoms with Gasteiger partial charge in [0, 0.05) is 18.5 Å². The molecule has 0 saturated carbocycles. The van der Waals surface area contributed by atoms with E-state index in [2.05, 4.69) is 11.2 Å². The van der Waals surface area contributed by atoms with E-state index in [-0.39, 0.29) is 11.7 Å². The number of benzene rings is 1. The molecule has 1 N–H and O–H groups in total. The van der Waals surface area contributed by atoms with Gasteiger partial charge >= 0.3 is 0 Å². The molecule has 0 aliphatic heterocycles. The van der Waals surface area contributed by atoms with Gasteiger partial charge in [-0.2, -0.15) is 0 Å². The second-order valence-electron chi connectivity index (χ2n) is 3.17. The normalized spacial score (nSPS) is 9.40. The van der Waals surface area contributed by atoms with Crippen molar-refractivity contribution < 1.29 is 9.18 Å². The predicted molar refractivity (Wildman–Crippen MR) is 56.9 cm³/mol. The maximum atomic E-state index is 12.8. The molecule has 1 rings (SSSR count). The summed E-state index contributed by atoms with van der Waals surface area (Å²) < 4.78 is 12.8. The van der Waals surface area contributed by atoms with E-state index in [9.17, 15) is 9.18 Å². The number of hydrogen-bond donors (Lipinski definition) is 1. The zero-order valence-electron chi connectivity index (χ0n) is 8.51. The number of nitrogens with one attached hydrogen (secondary N) is 1. The van der Waals surface area contributed by atoms with Gasteiger partial charge in [-0.15, -0.1) is 12.3 Å². The molecule has 0 saturated heterocycles. The first-order valence-corrected chi connectivity index (χ1v) is 4.63. The van der Waals surface area contributed by atoms with Crippen LogP contribution in [0, 0.1) is 25.1 Å². The van der Waals surface area contributed by atoms with Crippen LogP contribution in [-0.2, 0) is 0 Å². The minimum absolute atomic E-state index is 0.220. The Balaban J connectivity index is 2.70. The Hall–Kier alpha value is -1.82. The van der Waals surface area contributed by atoms with E-state index in [1.807, 2.05) is 0 Å². The predicted octanol–water partition coefficient (Wildman–Crippen LogP) is 1.89. The number of carbonyl (C=O) groups excluding carboxylic acids is 1. The van der Waals surface area contributed by atoms with Crippen LogP contribution in [0.15, 0.2) is 18.2 Å². The van der Waals surface area contributed by atoms with E-state index < -0.39 is 0 Å². The molecule has 0 aromatic heterocycles. The summed E-state index contributed by atoms with van der Waals surface area (Å²) in [6.45, 7) is 2.13. The Morgan fingerprint density at radius 3 is 2.93 bits per heavy atom. The topological polar surface area (TPSA) is 29.1 Å². The zero-order valence-corrected chi connectivity index (χ0v) is 8.51. The minimum atomic E-state index is -0.340. The smallest absolute Gasteiger partial charge is 0.251 e. The van der Waals surface area contributed by atoms with E-state index in [0.29, 0.717) is 24.1 Å². The lowest BCUT2D eigenvalue weighted by Gasteiger charge is -2.06. The van der Waals surface area contributed by atoms with E-state index >= 15 is 0 Å². The van der Waals surface area contributed by atoms with Crippen molar-refractivity contribution in [3.63, 3.8) is 0 Å². The Kier molecular flexibility index (Phi) is 3.87. The molecular weight excluding hydrogens is 193 g/mol. The van der Waals surface area contributed by atoms with Crippen LogP contribution in [0.5, 0.6) is 0 Å². The Bertz CT molecular complexity index is 407. The number of terminal acetylenes is 1. The van der Waals surface area contributed by atoms with Crippen molar-refractivity contribution in [2.24, 2.45) is 0 Å². The highest BCUT2D eigenvalue weighted by Crippen LogP contribution is 2.09. The van der Waals surface area contributed by atoms with E-state index in [1.54, 1.807) is 6.92 Å². The number of rotatable bonds is 3. The largest absolute Gasteiger partial charge is 0.351 e. The van der Waals surface area contributed by atoms with Crippen molar-refractivity contribution in [1.29, 1.82) is 0 Å². The van der Waals surface area contributed by atoms with Crippen LogP contribution in [0.2, 0.25) is 0 Å². The van der Waals surface area contributed by atoms with Gasteiger partial charge in [0.25, 0.3) is 5.91 Å². The molecule has 0 aliphatic carbocycles. The molecule has 0 unspecified atom stereocenters. The number of aryl methyl sites for hydroxylation is 1. The number of amides is 1. The number of halogens is 1. The maximum absolute atomic E-state index is 12.8. The lowest BCUT2D eigenvalue weighted by molar-refractivity contribution is 0.0954. The van der Waals surface area contributed by atoms with Crippen molar-refractivity contribution in [1.82, 2.24) is 5.32 Å². The molecule has 0 radical (unpaired) electrons. The van der Waals surface area contributed by atoms with Gasteiger partial charge in [0.05, 0.1) is 0 Å². The van der Waals surface area contributed by atoms with Gasteiger partial charge < -0.3 is 5.32 Å². The van der Waals surface area contributed by atoms with Crippen LogP contribution in [0.3, 0.4) is 0 Å². The third-order valence-corrected chi connectivity index (χ3v) is 1.99. The summed E-state index contributed by atoms with van der Waals surface area (Å²) in [4.78, 5) is 11.5. The van der Waals surface area contributed by atoms with E-state index in [0.717, 1.165) is 0 Å². The van der Waals surface area contributed by atoms with Gasteiger partial charge in [-0.1, -0.05) is 0 Å². The first kappa shape index (κ1) is 11.3. The van der Waals surface area contributed by atoms with Crippen LogP contribution < -0.4 is 5.32 Å². The SMILES string of the molecule is C#CCCNC(=O)c1ccc(F)cc1C. The molecule has 1 aromatic rings. The second-order valence-corrected chi connectivity index (χ2v) is 3.17. The van der Waals surface area contributed by atoms with Gasteiger partial charge in [0.2, 0.25) is 0 Å². The van der Waals surface area contributed by atoms with Crippen molar-refractivity contribution in [3.8, 4) is 12.3 Å². The first-order valence-electron chi connectivity index (χ1n) is 4.63. The third-order valence-electron chi connectivity index (χ3n) is 1.99. The van der Waals surface area contributed by atoms with Crippen LogP contribution in [0.25, 0.3) is 0 Å². The molecule has 0 heterocycles. The fourth-order valence-corrected chi connectivity index (χ4v) is 1.23. The first-order chi connectivity index (χ1) is 7.15. The van der Waals surface area contributed by atoms with Gasteiger partial charge in [0.1, 0.15) is 5.82 Å². The molecule has 0 spiro atoms. The van der Waals surface area contributed by atoms with Crippen LogP contribution in [0.4, 0.5) is 4.39 Å². The Morgan fingerprint density at radius 2 is 2.33 bits per heavy atom. The quantitative estimate of drug-likeness (QED) is 0.592. The molecule has 0 fully saturated rings. The summed E-state index contributed by atoms with van der Waals surface area (Å²) >= 11 is 0. The monoisotopic (exact) mass is 205 g/mol. The van der Waals surface area contributed by atoms with Crippen LogP contribution >= 0.6 is 0 Å². The highest BCUT2D eigenvalue weighted by molar-refractivity contribution is 5.95. The average molecular weight is 205 g/mol. The third kappa shape index (κ3) is 3.10. The summed E-state index contributed by atoms with van der Waals surface area (Å²) in [6, 6.07) is 4.06. The molecule has 0 atom stereocenters. The molecule has 2 nitrogen and oxygen atoms in total. The standard InChI is InChI=1S/C12H12FNO/c1-3-4-7-14-12(15)11-6-5-10(13)8-9(11)2/h1,5-6,8H,4,7H2,2H3,(H,14,15). The molecule has 15 heavy (non-hydrogen) atoms. The summed E-state index contributed by atoms with van der Waals surface area (Å²) in [5.41, 5.74) is 1.10.